The second-order valence-corrected chi connectivity index (χ2v) is 4.70. The molecular weight excluding hydrogens is 259 g/mol. The zero-order chi connectivity index (χ0) is 14.5. The molecule has 1 aromatic carbocycles. The van der Waals surface area contributed by atoms with E-state index in [4.69, 9.17) is 4.42 Å². The van der Waals surface area contributed by atoms with Crippen LogP contribution in [0.25, 0.3) is 0 Å². The predicted octanol–water partition coefficient (Wildman–Crippen LogP) is 3.42. The number of rotatable bonds is 5. The summed E-state index contributed by atoms with van der Waals surface area (Å²) < 4.78 is 19.0. The maximum absolute atomic E-state index is 13.7. The number of hydrogen-bond donors (Lipinski definition) is 2. The number of halogens is 1. The molecule has 106 valence electrons. The van der Waals surface area contributed by atoms with Crippen molar-refractivity contribution in [3.05, 3.63) is 48.2 Å². The Bertz CT molecular complexity index is 582. The van der Waals surface area contributed by atoms with Crippen LogP contribution in [0.15, 0.2) is 41.0 Å². The summed E-state index contributed by atoms with van der Waals surface area (Å²) in [5.41, 5.74) is 0.918. The Morgan fingerprint density at radius 2 is 2.20 bits per heavy atom. The van der Waals surface area contributed by atoms with Crippen molar-refractivity contribution >= 4 is 17.3 Å². The highest BCUT2D eigenvalue weighted by Crippen LogP contribution is 2.21. The first-order valence-corrected chi connectivity index (χ1v) is 6.40. The van der Waals surface area contributed by atoms with E-state index in [2.05, 4.69) is 10.6 Å². The Morgan fingerprint density at radius 1 is 1.40 bits per heavy atom. The maximum Gasteiger partial charge on any atom is 0.221 e. The summed E-state index contributed by atoms with van der Waals surface area (Å²) in [7, 11) is 0. The van der Waals surface area contributed by atoms with Gasteiger partial charge >= 0.3 is 0 Å². The third-order valence-electron chi connectivity index (χ3n) is 2.78. The fourth-order valence-corrected chi connectivity index (χ4v) is 1.96. The first-order valence-electron chi connectivity index (χ1n) is 6.40. The van der Waals surface area contributed by atoms with E-state index in [0.29, 0.717) is 17.8 Å². The van der Waals surface area contributed by atoms with Gasteiger partial charge in [0.15, 0.2) is 0 Å². The number of amides is 1. The smallest absolute Gasteiger partial charge is 0.221 e. The van der Waals surface area contributed by atoms with Crippen molar-refractivity contribution in [2.24, 2.45) is 0 Å². The predicted molar refractivity (Wildman–Crippen MR) is 76.2 cm³/mol. The molecule has 1 atom stereocenters. The summed E-state index contributed by atoms with van der Waals surface area (Å²) in [6.07, 6.45) is 2.26. The number of hydrogen-bond acceptors (Lipinski definition) is 3. The summed E-state index contributed by atoms with van der Waals surface area (Å²) in [4.78, 5) is 11.0. The molecule has 2 aromatic rings. The van der Waals surface area contributed by atoms with Crippen LogP contribution in [0.1, 0.15) is 19.6 Å². The van der Waals surface area contributed by atoms with Crippen LogP contribution in [-0.4, -0.2) is 11.9 Å². The molecule has 0 saturated heterocycles. The summed E-state index contributed by atoms with van der Waals surface area (Å²) in [5, 5.41) is 5.70. The van der Waals surface area contributed by atoms with Crippen LogP contribution in [0.2, 0.25) is 0 Å². The molecule has 0 fully saturated rings. The van der Waals surface area contributed by atoms with Gasteiger partial charge in [-0.1, -0.05) is 0 Å². The molecule has 0 saturated carbocycles. The number of anilines is 2. The normalized spacial score (nSPS) is 11.9. The Labute approximate surface area is 117 Å². The van der Waals surface area contributed by atoms with Gasteiger partial charge in [0.05, 0.1) is 12.0 Å². The Morgan fingerprint density at radius 3 is 2.85 bits per heavy atom. The third kappa shape index (κ3) is 3.85. The largest absolute Gasteiger partial charge is 0.469 e. The highest BCUT2D eigenvalue weighted by molar-refractivity contribution is 5.89. The van der Waals surface area contributed by atoms with Gasteiger partial charge in [-0.05, 0) is 37.3 Å². The molecule has 1 unspecified atom stereocenters. The molecule has 2 rings (SSSR count). The minimum Gasteiger partial charge on any atom is -0.469 e. The van der Waals surface area contributed by atoms with Crippen molar-refractivity contribution in [1.29, 1.82) is 0 Å². The molecule has 20 heavy (non-hydrogen) atoms. The first kappa shape index (κ1) is 14.1. The summed E-state index contributed by atoms with van der Waals surface area (Å²) in [5.74, 6) is 0.292. The van der Waals surface area contributed by atoms with Crippen LogP contribution >= 0.6 is 0 Å². The van der Waals surface area contributed by atoms with Gasteiger partial charge in [-0.3, -0.25) is 4.79 Å². The second-order valence-electron chi connectivity index (χ2n) is 4.70. The molecular formula is C15H17FN2O2. The van der Waals surface area contributed by atoms with Crippen molar-refractivity contribution in [3.63, 3.8) is 0 Å². The average molecular weight is 276 g/mol. The van der Waals surface area contributed by atoms with Crippen molar-refractivity contribution in [2.75, 3.05) is 10.6 Å². The Hall–Kier alpha value is -2.30. The fourth-order valence-electron chi connectivity index (χ4n) is 1.96. The molecule has 0 aliphatic rings. The van der Waals surface area contributed by atoms with E-state index < -0.39 is 0 Å². The van der Waals surface area contributed by atoms with Crippen LogP contribution < -0.4 is 10.6 Å². The van der Waals surface area contributed by atoms with E-state index in [1.165, 1.54) is 19.1 Å². The van der Waals surface area contributed by atoms with E-state index in [0.717, 1.165) is 5.76 Å². The van der Waals surface area contributed by atoms with Gasteiger partial charge in [0, 0.05) is 25.1 Å². The molecule has 4 nitrogen and oxygen atoms in total. The zero-order valence-corrected chi connectivity index (χ0v) is 11.4. The molecule has 0 aliphatic carbocycles. The molecule has 0 radical (unpaired) electrons. The van der Waals surface area contributed by atoms with Gasteiger partial charge in [-0.15, -0.1) is 0 Å². The first-order chi connectivity index (χ1) is 9.54. The topological polar surface area (TPSA) is 54.3 Å². The van der Waals surface area contributed by atoms with E-state index in [1.54, 1.807) is 12.3 Å². The van der Waals surface area contributed by atoms with Crippen molar-refractivity contribution in [1.82, 2.24) is 0 Å². The standard InChI is InChI=1S/C15H17FN2O2/c1-10(8-13-4-3-7-20-13)17-15-9-12(18-11(2)19)5-6-14(15)16/h3-7,9-10,17H,8H2,1-2H3,(H,18,19). The lowest BCUT2D eigenvalue weighted by atomic mass is 10.1. The summed E-state index contributed by atoms with van der Waals surface area (Å²) >= 11 is 0. The molecule has 1 amide bonds. The Balaban J connectivity index is 2.05. The van der Waals surface area contributed by atoms with Crippen LogP contribution in [0.3, 0.4) is 0 Å². The van der Waals surface area contributed by atoms with E-state index in [9.17, 15) is 9.18 Å². The molecule has 1 aromatic heterocycles. The van der Waals surface area contributed by atoms with Crippen LogP contribution in [-0.2, 0) is 11.2 Å². The minimum atomic E-state index is -0.356. The second kappa shape index (κ2) is 6.23. The lowest BCUT2D eigenvalue weighted by Gasteiger charge is -2.15. The maximum atomic E-state index is 13.7. The van der Waals surface area contributed by atoms with Crippen LogP contribution in [0.4, 0.5) is 15.8 Å². The van der Waals surface area contributed by atoms with Gasteiger partial charge < -0.3 is 15.1 Å². The van der Waals surface area contributed by atoms with Gasteiger partial charge in [0.1, 0.15) is 11.6 Å². The van der Waals surface area contributed by atoms with Crippen molar-refractivity contribution in [2.45, 2.75) is 26.3 Å². The molecule has 0 aliphatic heterocycles. The van der Waals surface area contributed by atoms with Crippen molar-refractivity contribution < 1.29 is 13.6 Å². The highest BCUT2D eigenvalue weighted by atomic mass is 19.1. The van der Waals surface area contributed by atoms with Gasteiger partial charge in [0.25, 0.3) is 0 Å². The van der Waals surface area contributed by atoms with Gasteiger partial charge in [0.2, 0.25) is 5.91 Å². The SMILES string of the molecule is CC(=O)Nc1ccc(F)c(NC(C)Cc2ccco2)c1. The number of benzene rings is 1. The van der Waals surface area contributed by atoms with Crippen LogP contribution in [0, 0.1) is 5.82 Å². The molecule has 0 spiro atoms. The molecule has 1 heterocycles. The molecule has 0 bridgehead atoms. The van der Waals surface area contributed by atoms with E-state index in [-0.39, 0.29) is 17.8 Å². The summed E-state index contributed by atoms with van der Waals surface area (Å²) in [6.45, 7) is 3.35. The monoisotopic (exact) mass is 276 g/mol. The third-order valence-corrected chi connectivity index (χ3v) is 2.78. The van der Waals surface area contributed by atoms with E-state index >= 15 is 0 Å². The fraction of sp³-hybridized carbons (Fsp3) is 0.267. The number of nitrogens with one attached hydrogen (secondary N) is 2. The van der Waals surface area contributed by atoms with E-state index in [1.807, 2.05) is 19.1 Å². The average Bonchev–Trinajstić information content (AvgIpc) is 2.85. The van der Waals surface area contributed by atoms with Crippen molar-refractivity contribution in [3.8, 4) is 0 Å². The minimum absolute atomic E-state index is 0.00299. The van der Waals surface area contributed by atoms with Gasteiger partial charge in [-0.2, -0.15) is 0 Å². The molecule has 5 heteroatoms. The molecule has 2 N–H and O–H groups in total. The number of furan rings is 1. The zero-order valence-electron chi connectivity index (χ0n) is 11.4. The van der Waals surface area contributed by atoms with Gasteiger partial charge in [-0.25, -0.2) is 4.39 Å². The van der Waals surface area contributed by atoms with Crippen LogP contribution in [0.5, 0.6) is 0 Å². The number of carbonyl (C=O) groups excluding carboxylic acids is 1. The quantitative estimate of drug-likeness (QED) is 0.879. The number of carbonyl (C=O) groups is 1. The summed E-state index contributed by atoms with van der Waals surface area (Å²) in [6, 6.07) is 8.13. The lowest BCUT2D eigenvalue weighted by molar-refractivity contribution is -0.114. The highest BCUT2D eigenvalue weighted by Gasteiger charge is 2.10. The lowest BCUT2D eigenvalue weighted by Crippen LogP contribution is -2.19. The Kier molecular flexibility index (Phi) is 4.40.